The highest BCUT2D eigenvalue weighted by molar-refractivity contribution is 9.10. The fourth-order valence-corrected chi connectivity index (χ4v) is 5.69. The number of nitrogens with one attached hydrogen (secondary N) is 1. The Morgan fingerprint density at radius 3 is 2.40 bits per heavy atom. The fourth-order valence-electron chi connectivity index (χ4n) is 3.45. The van der Waals surface area contributed by atoms with Gasteiger partial charge in [0.25, 0.3) is 0 Å². The van der Waals surface area contributed by atoms with Gasteiger partial charge < -0.3 is 5.32 Å². The SMILES string of the molecule is Cc1nc(NC(C)c2cccc(C(F)(F)F)c2C)c2cc(P(C)C)c(Br)c(F)c2n1. The average molecular weight is 502 g/mol. The second-order valence-corrected chi connectivity index (χ2v) is 10.4. The Bertz CT molecular complexity index is 1120. The Morgan fingerprint density at radius 2 is 1.80 bits per heavy atom. The van der Waals surface area contributed by atoms with Gasteiger partial charge in [0, 0.05) is 5.39 Å². The number of alkyl halides is 3. The topological polar surface area (TPSA) is 37.8 Å². The largest absolute Gasteiger partial charge is 0.416 e. The van der Waals surface area contributed by atoms with Gasteiger partial charge in [-0.1, -0.05) is 20.1 Å². The van der Waals surface area contributed by atoms with E-state index in [-0.39, 0.29) is 11.1 Å². The van der Waals surface area contributed by atoms with E-state index in [0.29, 0.717) is 27.1 Å². The summed E-state index contributed by atoms with van der Waals surface area (Å²) in [7, 11) is -0.608. The first-order valence-corrected chi connectivity index (χ1v) is 12.2. The van der Waals surface area contributed by atoms with Gasteiger partial charge in [-0.3, -0.25) is 0 Å². The normalized spacial score (nSPS) is 13.2. The Hall–Kier alpha value is -1.79. The number of aryl methyl sites for hydroxylation is 1. The first-order valence-electron chi connectivity index (χ1n) is 9.18. The number of rotatable bonds is 4. The quantitative estimate of drug-likeness (QED) is 0.319. The molecule has 0 radical (unpaired) electrons. The maximum atomic E-state index is 15.0. The predicted octanol–water partition coefficient (Wildman–Crippen LogP) is 6.71. The van der Waals surface area contributed by atoms with Crippen LogP contribution in [0.15, 0.2) is 28.7 Å². The molecule has 3 rings (SSSR count). The Labute approximate surface area is 182 Å². The van der Waals surface area contributed by atoms with Gasteiger partial charge in [0.1, 0.15) is 17.2 Å². The number of anilines is 1. The van der Waals surface area contributed by atoms with E-state index < -0.39 is 31.5 Å². The third-order valence-electron chi connectivity index (χ3n) is 4.95. The van der Waals surface area contributed by atoms with Gasteiger partial charge in [0.15, 0.2) is 5.82 Å². The van der Waals surface area contributed by atoms with E-state index in [1.807, 2.05) is 19.4 Å². The molecule has 0 aliphatic heterocycles. The average Bonchev–Trinajstić information content (AvgIpc) is 2.63. The molecular formula is C21H21BrF4N3P. The minimum Gasteiger partial charge on any atom is -0.363 e. The highest BCUT2D eigenvalue weighted by Crippen LogP contribution is 2.37. The molecule has 0 amide bonds. The monoisotopic (exact) mass is 501 g/mol. The number of nitrogens with zero attached hydrogens (tertiary/aromatic N) is 2. The third-order valence-corrected chi connectivity index (χ3v) is 7.34. The van der Waals surface area contributed by atoms with Crippen molar-refractivity contribution in [2.75, 3.05) is 18.6 Å². The molecule has 30 heavy (non-hydrogen) atoms. The molecule has 1 atom stereocenters. The van der Waals surface area contributed by atoms with Crippen molar-refractivity contribution in [3.8, 4) is 0 Å². The summed E-state index contributed by atoms with van der Waals surface area (Å²) in [5.41, 5.74) is 0.156. The molecule has 1 aromatic heterocycles. The standard InChI is InChI=1S/C21H21BrF4N3P/c1-10-13(7-6-8-15(10)21(24,25)26)11(2)27-20-14-9-16(30(4)5)17(22)18(23)19(14)28-12(3)29-20/h6-9,11H,1-5H3,(H,27,28,29). The first kappa shape index (κ1) is 22.9. The zero-order valence-electron chi connectivity index (χ0n) is 17.1. The fraction of sp³-hybridized carbons (Fsp3) is 0.333. The Kier molecular flexibility index (Phi) is 6.40. The Balaban J connectivity index is 2.12. The van der Waals surface area contributed by atoms with E-state index in [1.165, 1.54) is 13.0 Å². The van der Waals surface area contributed by atoms with Gasteiger partial charge in [-0.15, -0.1) is 0 Å². The molecule has 3 aromatic rings. The smallest absolute Gasteiger partial charge is 0.363 e. The molecule has 0 saturated carbocycles. The van der Waals surface area contributed by atoms with E-state index in [1.54, 1.807) is 19.9 Å². The summed E-state index contributed by atoms with van der Waals surface area (Å²) >= 11 is 3.33. The van der Waals surface area contributed by atoms with E-state index in [9.17, 15) is 13.2 Å². The van der Waals surface area contributed by atoms with Crippen LogP contribution < -0.4 is 10.6 Å². The molecule has 160 valence electrons. The molecular weight excluding hydrogens is 481 g/mol. The summed E-state index contributed by atoms with van der Waals surface area (Å²) < 4.78 is 55.3. The van der Waals surface area contributed by atoms with E-state index >= 15 is 4.39 Å². The third kappa shape index (κ3) is 4.30. The van der Waals surface area contributed by atoms with E-state index in [0.717, 1.165) is 11.4 Å². The van der Waals surface area contributed by atoms with Crippen molar-refractivity contribution in [3.63, 3.8) is 0 Å². The predicted molar refractivity (Wildman–Crippen MR) is 119 cm³/mol. The molecule has 1 unspecified atom stereocenters. The summed E-state index contributed by atoms with van der Waals surface area (Å²) in [5, 5.41) is 4.51. The Morgan fingerprint density at radius 1 is 1.13 bits per heavy atom. The molecule has 0 spiro atoms. The second-order valence-electron chi connectivity index (χ2n) is 7.32. The van der Waals surface area contributed by atoms with Crippen LogP contribution in [0.4, 0.5) is 23.4 Å². The second kappa shape index (κ2) is 8.39. The summed E-state index contributed by atoms with van der Waals surface area (Å²) in [5.74, 6) is 0.299. The molecule has 1 heterocycles. The molecule has 0 bridgehead atoms. The van der Waals surface area contributed by atoms with Gasteiger partial charge in [-0.2, -0.15) is 13.2 Å². The molecule has 0 aliphatic carbocycles. The number of hydrogen-bond donors (Lipinski definition) is 1. The number of aromatic nitrogens is 2. The summed E-state index contributed by atoms with van der Waals surface area (Å²) in [6.45, 7) is 8.89. The van der Waals surface area contributed by atoms with E-state index in [2.05, 4.69) is 31.2 Å². The minimum absolute atomic E-state index is 0.153. The van der Waals surface area contributed by atoms with Gasteiger partial charge in [0.2, 0.25) is 0 Å². The van der Waals surface area contributed by atoms with Crippen molar-refractivity contribution in [1.82, 2.24) is 9.97 Å². The lowest BCUT2D eigenvalue weighted by molar-refractivity contribution is -0.138. The molecule has 9 heteroatoms. The van der Waals surface area contributed by atoms with Crippen LogP contribution in [-0.4, -0.2) is 23.3 Å². The van der Waals surface area contributed by atoms with Crippen molar-refractivity contribution in [3.05, 3.63) is 57.1 Å². The zero-order chi connectivity index (χ0) is 22.4. The van der Waals surface area contributed by atoms with Crippen molar-refractivity contribution in [1.29, 1.82) is 0 Å². The van der Waals surface area contributed by atoms with Crippen LogP contribution in [0.25, 0.3) is 10.9 Å². The molecule has 0 fully saturated rings. The van der Waals surface area contributed by atoms with Crippen molar-refractivity contribution >= 4 is 45.9 Å². The van der Waals surface area contributed by atoms with Crippen LogP contribution in [0, 0.1) is 19.7 Å². The molecule has 0 saturated heterocycles. The van der Waals surface area contributed by atoms with Crippen molar-refractivity contribution in [2.24, 2.45) is 0 Å². The van der Waals surface area contributed by atoms with Crippen LogP contribution in [-0.2, 0) is 6.18 Å². The van der Waals surface area contributed by atoms with Crippen molar-refractivity contribution < 1.29 is 17.6 Å². The van der Waals surface area contributed by atoms with E-state index in [4.69, 9.17) is 0 Å². The zero-order valence-corrected chi connectivity index (χ0v) is 19.6. The summed E-state index contributed by atoms with van der Waals surface area (Å²) in [4.78, 5) is 8.66. The maximum absolute atomic E-state index is 15.0. The highest BCUT2D eigenvalue weighted by Gasteiger charge is 2.33. The van der Waals surface area contributed by atoms with Crippen LogP contribution in [0.2, 0.25) is 0 Å². The van der Waals surface area contributed by atoms with Crippen LogP contribution in [0.5, 0.6) is 0 Å². The number of hydrogen-bond acceptors (Lipinski definition) is 3. The van der Waals surface area contributed by atoms with Crippen molar-refractivity contribution in [2.45, 2.75) is 33.0 Å². The summed E-state index contributed by atoms with van der Waals surface area (Å²) in [6.07, 6.45) is -4.43. The molecule has 0 aliphatic rings. The number of benzene rings is 2. The molecule has 2 aromatic carbocycles. The van der Waals surface area contributed by atoms with Crippen LogP contribution in [0.1, 0.15) is 35.5 Å². The van der Waals surface area contributed by atoms with Gasteiger partial charge in [-0.25, -0.2) is 14.4 Å². The molecule has 1 N–H and O–H groups in total. The van der Waals surface area contributed by atoms with Gasteiger partial charge in [0.05, 0.1) is 16.1 Å². The first-order chi connectivity index (χ1) is 13.9. The number of halogens is 5. The number of fused-ring (bicyclic) bond motifs is 1. The maximum Gasteiger partial charge on any atom is 0.416 e. The molecule has 3 nitrogen and oxygen atoms in total. The minimum atomic E-state index is -4.43. The van der Waals surface area contributed by atoms with Gasteiger partial charge in [-0.05, 0) is 78.6 Å². The lowest BCUT2D eigenvalue weighted by Gasteiger charge is -2.22. The lowest BCUT2D eigenvalue weighted by Crippen LogP contribution is -2.15. The summed E-state index contributed by atoms with van der Waals surface area (Å²) in [6, 6.07) is 5.48. The van der Waals surface area contributed by atoms with Crippen LogP contribution >= 0.6 is 23.9 Å². The highest BCUT2D eigenvalue weighted by atomic mass is 79.9. The van der Waals surface area contributed by atoms with Crippen LogP contribution in [0.3, 0.4) is 0 Å². The van der Waals surface area contributed by atoms with Gasteiger partial charge >= 0.3 is 6.18 Å². The lowest BCUT2D eigenvalue weighted by atomic mass is 9.97.